The van der Waals surface area contributed by atoms with Gasteiger partial charge in [0.25, 0.3) is 0 Å². The normalized spacial score (nSPS) is 22.8. The fraction of sp³-hybridized carbons (Fsp3) is 0.611. The van der Waals surface area contributed by atoms with Gasteiger partial charge in [-0.3, -0.25) is 4.79 Å². The summed E-state index contributed by atoms with van der Waals surface area (Å²) < 4.78 is 0. The van der Waals surface area contributed by atoms with Gasteiger partial charge in [-0.2, -0.15) is 0 Å². The van der Waals surface area contributed by atoms with Gasteiger partial charge >= 0.3 is 0 Å². The van der Waals surface area contributed by atoms with Crippen molar-refractivity contribution in [3.05, 3.63) is 35.9 Å². The van der Waals surface area contributed by atoms with Crippen LogP contribution >= 0.6 is 0 Å². The first-order valence-electron chi connectivity index (χ1n) is 7.99. The molecule has 1 atom stereocenters. The monoisotopic (exact) mass is 288 g/mol. The second kappa shape index (κ2) is 6.61. The van der Waals surface area contributed by atoms with Crippen molar-refractivity contribution in [3.63, 3.8) is 0 Å². The number of piperidine rings is 1. The Bertz CT molecular complexity index is 461. The Labute approximate surface area is 128 Å². The first-order valence-corrected chi connectivity index (χ1v) is 7.99. The molecule has 2 N–H and O–H groups in total. The number of hydrogen-bond acceptors (Lipinski definition) is 2. The van der Waals surface area contributed by atoms with Crippen LogP contribution < -0.4 is 10.6 Å². The lowest BCUT2D eigenvalue weighted by Gasteiger charge is -2.36. The van der Waals surface area contributed by atoms with E-state index in [1.165, 1.54) is 5.56 Å². The summed E-state index contributed by atoms with van der Waals surface area (Å²) in [5.41, 5.74) is 0.890. The second-order valence-electron chi connectivity index (χ2n) is 7.16. The molecule has 1 aromatic carbocycles. The lowest BCUT2D eigenvalue weighted by molar-refractivity contribution is -0.132. The fourth-order valence-electron chi connectivity index (χ4n) is 2.87. The molecule has 0 aliphatic carbocycles. The zero-order valence-corrected chi connectivity index (χ0v) is 13.5. The molecule has 0 spiro atoms. The van der Waals surface area contributed by atoms with E-state index in [9.17, 15) is 4.79 Å². The maximum Gasteiger partial charge on any atom is 0.227 e. The van der Waals surface area contributed by atoms with E-state index in [0.717, 1.165) is 38.8 Å². The van der Waals surface area contributed by atoms with Gasteiger partial charge in [-0.25, -0.2) is 0 Å². The van der Waals surface area contributed by atoms with E-state index in [0.29, 0.717) is 0 Å². The summed E-state index contributed by atoms with van der Waals surface area (Å²) in [6.45, 7) is 8.12. The fourth-order valence-corrected chi connectivity index (χ4v) is 2.87. The number of aryl methyl sites for hydroxylation is 1. The number of carbonyl (C=O) groups excluding carboxylic acids is 1. The van der Waals surface area contributed by atoms with Crippen molar-refractivity contribution in [2.24, 2.45) is 5.41 Å². The summed E-state index contributed by atoms with van der Waals surface area (Å²) in [7, 11) is 0. The number of rotatable bonds is 5. The summed E-state index contributed by atoms with van der Waals surface area (Å²) in [5, 5.41) is 6.60. The highest BCUT2D eigenvalue weighted by Gasteiger charge is 2.36. The van der Waals surface area contributed by atoms with Crippen molar-refractivity contribution in [1.82, 2.24) is 10.6 Å². The summed E-state index contributed by atoms with van der Waals surface area (Å²) >= 11 is 0. The Balaban J connectivity index is 1.89. The topological polar surface area (TPSA) is 41.1 Å². The molecule has 2 rings (SSSR count). The maximum absolute atomic E-state index is 12.6. The predicted molar refractivity (Wildman–Crippen MR) is 87.2 cm³/mol. The molecular formula is C18H28N2O. The third-order valence-corrected chi connectivity index (χ3v) is 4.48. The Kier molecular flexibility index (Phi) is 5.04. The molecule has 1 fully saturated rings. The lowest BCUT2D eigenvalue weighted by Crippen LogP contribution is -2.54. The molecule has 0 bridgehead atoms. The predicted octanol–water partition coefficient (Wildman–Crippen LogP) is 2.90. The van der Waals surface area contributed by atoms with Crippen LogP contribution in [0, 0.1) is 5.41 Å². The number of carbonyl (C=O) groups is 1. The van der Waals surface area contributed by atoms with Crippen molar-refractivity contribution in [2.45, 2.75) is 52.0 Å². The number of hydrogen-bond donors (Lipinski definition) is 2. The molecule has 116 valence electrons. The minimum atomic E-state index is -0.262. The number of benzene rings is 1. The van der Waals surface area contributed by atoms with E-state index in [4.69, 9.17) is 0 Å². The minimum Gasteiger partial charge on any atom is -0.351 e. The summed E-state index contributed by atoms with van der Waals surface area (Å²) in [6, 6.07) is 10.5. The van der Waals surface area contributed by atoms with Crippen molar-refractivity contribution in [1.29, 1.82) is 0 Å². The minimum absolute atomic E-state index is 0.173. The van der Waals surface area contributed by atoms with Crippen LogP contribution in [0.15, 0.2) is 30.3 Å². The van der Waals surface area contributed by atoms with E-state index < -0.39 is 0 Å². The van der Waals surface area contributed by atoms with Crippen LogP contribution in [0.3, 0.4) is 0 Å². The second-order valence-corrected chi connectivity index (χ2v) is 7.16. The van der Waals surface area contributed by atoms with Gasteiger partial charge in [-0.15, -0.1) is 0 Å². The molecule has 1 aromatic rings. The van der Waals surface area contributed by atoms with Gasteiger partial charge in [0.05, 0.1) is 5.41 Å². The Morgan fingerprint density at radius 1 is 1.33 bits per heavy atom. The van der Waals surface area contributed by atoms with Gasteiger partial charge in [-0.1, -0.05) is 30.3 Å². The molecule has 21 heavy (non-hydrogen) atoms. The van der Waals surface area contributed by atoms with Crippen LogP contribution in [-0.2, 0) is 11.2 Å². The molecule has 1 heterocycles. The molecule has 1 amide bonds. The van der Waals surface area contributed by atoms with Crippen molar-refractivity contribution < 1.29 is 4.79 Å². The van der Waals surface area contributed by atoms with Crippen LogP contribution in [0.5, 0.6) is 0 Å². The third-order valence-electron chi connectivity index (χ3n) is 4.48. The molecule has 0 radical (unpaired) electrons. The molecule has 1 aliphatic heterocycles. The summed E-state index contributed by atoms with van der Waals surface area (Å²) in [5.74, 6) is 0.188. The molecule has 0 saturated carbocycles. The van der Waals surface area contributed by atoms with Crippen molar-refractivity contribution in [3.8, 4) is 0 Å². The first-order chi connectivity index (χ1) is 9.91. The molecular weight excluding hydrogens is 260 g/mol. The molecule has 1 unspecified atom stereocenters. The standard InChI is InChI=1S/C18H28N2O/c1-17(2,12-10-15-8-5-4-6-9-15)20-16(21)18(3)11-7-13-19-14-18/h4-6,8-9,19H,7,10-14H2,1-3H3,(H,20,21). The smallest absolute Gasteiger partial charge is 0.227 e. The van der Waals surface area contributed by atoms with Crippen LogP contribution in [0.4, 0.5) is 0 Å². The van der Waals surface area contributed by atoms with Crippen molar-refractivity contribution in [2.75, 3.05) is 13.1 Å². The first kappa shape index (κ1) is 16.0. The van der Waals surface area contributed by atoms with Crippen LogP contribution in [0.25, 0.3) is 0 Å². The maximum atomic E-state index is 12.6. The van der Waals surface area contributed by atoms with Crippen LogP contribution in [-0.4, -0.2) is 24.5 Å². The summed E-state index contributed by atoms with van der Waals surface area (Å²) in [4.78, 5) is 12.6. The van der Waals surface area contributed by atoms with Crippen molar-refractivity contribution >= 4 is 5.91 Å². The molecule has 3 nitrogen and oxygen atoms in total. The highest BCUT2D eigenvalue weighted by molar-refractivity contribution is 5.83. The lowest BCUT2D eigenvalue weighted by atomic mass is 9.81. The highest BCUT2D eigenvalue weighted by Crippen LogP contribution is 2.27. The van der Waals surface area contributed by atoms with Gasteiger partial charge in [0.15, 0.2) is 0 Å². The Hall–Kier alpha value is -1.35. The molecule has 3 heteroatoms. The van der Waals surface area contributed by atoms with Crippen LogP contribution in [0.1, 0.15) is 45.6 Å². The molecule has 0 aromatic heterocycles. The van der Waals surface area contributed by atoms with Gasteiger partial charge < -0.3 is 10.6 Å². The third kappa shape index (κ3) is 4.57. The van der Waals surface area contributed by atoms with E-state index in [2.05, 4.69) is 55.7 Å². The van der Waals surface area contributed by atoms with Gasteiger partial charge in [0.2, 0.25) is 5.91 Å². The van der Waals surface area contributed by atoms with Crippen LogP contribution in [0.2, 0.25) is 0 Å². The molecule has 1 saturated heterocycles. The molecule has 1 aliphatic rings. The summed E-state index contributed by atoms with van der Waals surface area (Å²) in [6.07, 6.45) is 3.99. The van der Waals surface area contributed by atoms with Gasteiger partial charge in [0.1, 0.15) is 0 Å². The highest BCUT2D eigenvalue weighted by atomic mass is 16.2. The average Bonchev–Trinajstić information content (AvgIpc) is 2.47. The zero-order valence-electron chi connectivity index (χ0n) is 13.5. The average molecular weight is 288 g/mol. The van der Waals surface area contributed by atoms with Gasteiger partial charge in [0, 0.05) is 12.1 Å². The quantitative estimate of drug-likeness (QED) is 0.874. The largest absolute Gasteiger partial charge is 0.351 e. The van der Waals surface area contributed by atoms with E-state index >= 15 is 0 Å². The Morgan fingerprint density at radius 3 is 2.67 bits per heavy atom. The van der Waals surface area contributed by atoms with E-state index in [1.54, 1.807) is 0 Å². The van der Waals surface area contributed by atoms with E-state index in [-0.39, 0.29) is 16.9 Å². The SMILES string of the molecule is CC(C)(CCc1ccccc1)NC(=O)C1(C)CCCNC1. The van der Waals surface area contributed by atoms with Gasteiger partial charge in [-0.05, 0) is 58.6 Å². The zero-order chi connectivity index (χ0) is 15.3. The number of nitrogens with one attached hydrogen (secondary N) is 2. The van der Waals surface area contributed by atoms with E-state index in [1.807, 2.05) is 6.07 Å². The Morgan fingerprint density at radius 2 is 2.05 bits per heavy atom. The number of amides is 1.